The average molecular weight is 492 g/mol. The van der Waals surface area contributed by atoms with Crippen molar-refractivity contribution in [1.82, 2.24) is 35.0 Å². The summed E-state index contributed by atoms with van der Waals surface area (Å²) in [4.78, 5) is 30.5. The molecule has 3 aromatic heterocycles. The first kappa shape index (κ1) is 24.5. The second-order valence-corrected chi connectivity index (χ2v) is 10.8. The molecule has 1 saturated heterocycles. The molecule has 2 aliphatic rings. The van der Waals surface area contributed by atoms with Crippen molar-refractivity contribution in [1.29, 1.82) is 0 Å². The highest BCUT2D eigenvalue weighted by molar-refractivity contribution is 5.92. The summed E-state index contributed by atoms with van der Waals surface area (Å²) < 4.78 is 3.52. The third-order valence-corrected chi connectivity index (χ3v) is 7.92. The molecule has 1 aliphatic carbocycles. The minimum Gasteiger partial charge on any atom is -0.356 e. The molecule has 192 valence electrons. The Balaban J connectivity index is 1.40. The molecule has 9 nitrogen and oxygen atoms in total. The molecule has 2 fully saturated rings. The summed E-state index contributed by atoms with van der Waals surface area (Å²) in [5, 5.41) is 15.3. The quantitative estimate of drug-likeness (QED) is 0.526. The lowest BCUT2D eigenvalue weighted by atomic mass is 9.78. The maximum Gasteiger partial charge on any atom is 0.270 e. The van der Waals surface area contributed by atoms with E-state index in [0.29, 0.717) is 36.4 Å². The van der Waals surface area contributed by atoms with Crippen LogP contribution in [-0.4, -0.2) is 42.7 Å². The normalized spacial score (nSPS) is 25.5. The van der Waals surface area contributed by atoms with Crippen molar-refractivity contribution in [3.05, 3.63) is 47.7 Å². The fourth-order valence-corrected chi connectivity index (χ4v) is 5.77. The van der Waals surface area contributed by atoms with E-state index in [9.17, 15) is 9.59 Å². The Morgan fingerprint density at radius 2 is 1.97 bits per heavy atom. The van der Waals surface area contributed by atoms with Gasteiger partial charge in [-0.15, -0.1) is 0 Å². The van der Waals surface area contributed by atoms with E-state index < -0.39 is 0 Å². The summed E-state index contributed by atoms with van der Waals surface area (Å²) in [6.07, 6.45) is 9.52. The lowest BCUT2D eigenvalue weighted by Gasteiger charge is -2.32. The van der Waals surface area contributed by atoms with Gasteiger partial charge in [0.15, 0.2) is 5.65 Å². The summed E-state index contributed by atoms with van der Waals surface area (Å²) in [6.45, 7) is 7.83. The number of aryl methyl sites for hydroxylation is 1. The van der Waals surface area contributed by atoms with Gasteiger partial charge in [0.25, 0.3) is 5.91 Å². The maximum absolute atomic E-state index is 13.3. The molecule has 9 heteroatoms. The van der Waals surface area contributed by atoms with E-state index in [1.165, 1.54) is 0 Å². The SMILES string of the molecule is CCn1nccc1C(=O)N[C@H](c1cn2nc(CC3CC(C)CNC3=O)ccc2n1)C1CCC(C)CC1. The van der Waals surface area contributed by atoms with Crippen LogP contribution in [0.5, 0.6) is 0 Å². The van der Waals surface area contributed by atoms with Gasteiger partial charge in [-0.3, -0.25) is 14.3 Å². The summed E-state index contributed by atoms with van der Waals surface area (Å²) in [6, 6.07) is 5.50. The van der Waals surface area contributed by atoms with E-state index in [1.54, 1.807) is 21.5 Å². The lowest BCUT2D eigenvalue weighted by Crippen LogP contribution is -2.41. The minimum absolute atomic E-state index is 0.0543. The molecular formula is C27H37N7O2. The van der Waals surface area contributed by atoms with Crippen molar-refractivity contribution in [2.45, 2.75) is 71.9 Å². The first-order valence-corrected chi connectivity index (χ1v) is 13.4. The van der Waals surface area contributed by atoms with Crippen LogP contribution < -0.4 is 10.6 Å². The van der Waals surface area contributed by atoms with Crippen LogP contribution in [0.2, 0.25) is 0 Å². The van der Waals surface area contributed by atoms with Crippen LogP contribution in [0.15, 0.2) is 30.6 Å². The van der Waals surface area contributed by atoms with E-state index in [2.05, 4.69) is 29.6 Å². The molecule has 3 atom stereocenters. The van der Waals surface area contributed by atoms with Crippen LogP contribution in [0, 0.1) is 23.7 Å². The molecule has 0 aromatic carbocycles. The van der Waals surface area contributed by atoms with Gasteiger partial charge >= 0.3 is 0 Å². The van der Waals surface area contributed by atoms with Crippen molar-refractivity contribution >= 4 is 17.5 Å². The first-order valence-electron chi connectivity index (χ1n) is 13.4. The fraction of sp³-hybridized carbons (Fsp3) is 0.593. The Morgan fingerprint density at radius 3 is 2.75 bits per heavy atom. The lowest BCUT2D eigenvalue weighted by molar-refractivity contribution is -0.127. The summed E-state index contributed by atoms with van der Waals surface area (Å²) in [5.74, 6) is 1.44. The highest BCUT2D eigenvalue weighted by Crippen LogP contribution is 2.37. The Bertz CT molecular complexity index is 1220. The molecule has 1 saturated carbocycles. The summed E-state index contributed by atoms with van der Waals surface area (Å²) in [7, 11) is 0. The Morgan fingerprint density at radius 1 is 1.17 bits per heavy atom. The molecule has 0 spiro atoms. The average Bonchev–Trinajstić information content (AvgIpc) is 3.52. The van der Waals surface area contributed by atoms with Gasteiger partial charge in [-0.2, -0.15) is 10.2 Å². The van der Waals surface area contributed by atoms with Gasteiger partial charge in [0.1, 0.15) is 5.69 Å². The standard InChI is InChI=1S/C27H37N7O2/c1-4-33-23(11-12-29-33)27(36)31-25(19-7-5-17(2)6-8-19)22-16-34-24(30-22)10-9-21(32-34)14-20-13-18(3)15-28-26(20)35/h9-12,16-20,25H,4-8,13-15H2,1-3H3,(H,28,35)(H,31,36)/t17?,18?,19?,20?,25-/m0/s1. The van der Waals surface area contributed by atoms with Crippen LogP contribution in [0.25, 0.3) is 5.65 Å². The number of amides is 2. The van der Waals surface area contributed by atoms with Crippen LogP contribution in [0.4, 0.5) is 0 Å². The molecule has 0 bridgehead atoms. The van der Waals surface area contributed by atoms with E-state index in [0.717, 1.165) is 55.7 Å². The molecule has 1 aliphatic heterocycles. The summed E-state index contributed by atoms with van der Waals surface area (Å²) >= 11 is 0. The van der Waals surface area contributed by atoms with Crippen molar-refractivity contribution in [3.8, 4) is 0 Å². The molecule has 4 heterocycles. The van der Waals surface area contributed by atoms with Gasteiger partial charge in [0, 0.05) is 31.6 Å². The predicted molar refractivity (Wildman–Crippen MR) is 136 cm³/mol. The van der Waals surface area contributed by atoms with Crippen LogP contribution in [-0.2, 0) is 17.8 Å². The largest absolute Gasteiger partial charge is 0.356 e. The van der Waals surface area contributed by atoms with Gasteiger partial charge in [-0.25, -0.2) is 9.50 Å². The number of aromatic nitrogens is 5. The van der Waals surface area contributed by atoms with Crippen LogP contribution in [0.1, 0.15) is 80.8 Å². The number of nitrogens with one attached hydrogen (secondary N) is 2. The zero-order valence-corrected chi connectivity index (χ0v) is 21.5. The zero-order valence-electron chi connectivity index (χ0n) is 21.5. The molecule has 2 N–H and O–H groups in total. The number of hydrogen-bond donors (Lipinski definition) is 2. The Labute approximate surface area is 212 Å². The van der Waals surface area contributed by atoms with Crippen molar-refractivity contribution in [3.63, 3.8) is 0 Å². The van der Waals surface area contributed by atoms with Gasteiger partial charge < -0.3 is 10.6 Å². The van der Waals surface area contributed by atoms with E-state index in [-0.39, 0.29) is 23.8 Å². The van der Waals surface area contributed by atoms with E-state index >= 15 is 0 Å². The topological polar surface area (TPSA) is 106 Å². The second kappa shape index (κ2) is 10.4. The van der Waals surface area contributed by atoms with Gasteiger partial charge in [-0.1, -0.05) is 26.7 Å². The Hall–Kier alpha value is -3.23. The van der Waals surface area contributed by atoms with Gasteiger partial charge in [0.2, 0.25) is 5.91 Å². The predicted octanol–water partition coefficient (Wildman–Crippen LogP) is 3.56. The number of rotatable bonds is 7. The third-order valence-electron chi connectivity index (χ3n) is 7.92. The number of hydrogen-bond acceptors (Lipinski definition) is 5. The fourth-order valence-electron chi connectivity index (χ4n) is 5.77. The van der Waals surface area contributed by atoms with E-state index in [1.807, 2.05) is 25.3 Å². The van der Waals surface area contributed by atoms with E-state index in [4.69, 9.17) is 10.1 Å². The number of imidazole rings is 1. The number of carbonyl (C=O) groups excluding carboxylic acids is 2. The molecule has 0 radical (unpaired) electrons. The smallest absolute Gasteiger partial charge is 0.270 e. The van der Waals surface area contributed by atoms with Crippen molar-refractivity contribution in [2.24, 2.45) is 23.7 Å². The minimum atomic E-state index is -0.194. The van der Waals surface area contributed by atoms with Gasteiger partial charge in [0.05, 0.1) is 23.6 Å². The molecule has 36 heavy (non-hydrogen) atoms. The molecule has 2 unspecified atom stereocenters. The molecule has 2 amide bonds. The highest BCUT2D eigenvalue weighted by Gasteiger charge is 2.32. The van der Waals surface area contributed by atoms with Crippen molar-refractivity contribution in [2.75, 3.05) is 6.54 Å². The van der Waals surface area contributed by atoms with Crippen molar-refractivity contribution < 1.29 is 9.59 Å². The van der Waals surface area contributed by atoms with Gasteiger partial charge in [-0.05, 0) is 62.1 Å². The second-order valence-electron chi connectivity index (χ2n) is 10.8. The number of nitrogens with zero attached hydrogens (tertiary/aromatic N) is 5. The third kappa shape index (κ3) is 5.15. The molecular weight excluding hydrogens is 454 g/mol. The summed E-state index contributed by atoms with van der Waals surface area (Å²) in [5.41, 5.74) is 3.02. The highest BCUT2D eigenvalue weighted by atomic mass is 16.2. The van der Waals surface area contributed by atoms with Crippen LogP contribution in [0.3, 0.4) is 0 Å². The number of carbonyl (C=O) groups is 2. The zero-order chi connectivity index (χ0) is 25.2. The monoisotopic (exact) mass is 491 g/mol. The number of fused-ring (bicyclic) bond motifs is 1. The first-order chi connectivity index (χ1) is 17.4. The Kier molecular flexibility index (Phi) is 7.07. The van der Waals surface area contributed by atoms with Crippen LogP contribution >= 0.6 is 0 Å². The number of piperidine rings is 1. The molecule has 3 aromatic rings. The molecule has 5 rings (SSSR count). The maximum atomic E-state index is 13.3.